The molecule has 0 aromatic heterocycles. The zero-order valence-corrected chi connectivity index (χ0v) is 13.0. The van der Waals surface area contributed by atoms with Crippen molar-refractivity contribution in [1.29, 1.82) is 0 Å². The summed E-state index contributed by atoms with van der Waals surface area (Å²) >= 11 is 0. The first-order chi connectivity index (χ1) is 10.2. The first kappa shape index (κ1) is 15.9. The van der Waals surface area contributed by atoms with Crippen LogP contribution in [0.4, 0.5) is 5.69 Å². The zero-order chi connectivity index (χ0) is 15.1. The molecule has 3 heteroatoms. The molecule has 0 heterocycles. The number of benzene rings is 1. The van der Waals surface area contributed by atoms with E-state index < -0.39 is 5.97 Å². The topological polar surface area (TPSA) is 40.5 Å². The van der Waals surface area contributed by atoms with Crippen molar-refractivity contribution in [3.8, 4) is 0 Å². The summed E-state index contributed by atoms with van der Waals surface area (Å²) in [6, 6.07) is 11.0. The van der Waals surface area contributed by atoms with Gasteiger partial charge in [0.05, 0.1) is 0 Å². The van der Waals surface area contributed by atoms with E-state index in [1.165, 1.54) is 37.8 Å². The van der Waals surface area contributed by atoms with Gasteiger partial charge < -0.3 is 10.0 Å². The van der Waals surface area contributed by atoms with Crippen LogP contribution in [0.15, 0.2) is 30.3 Å². The van der Waals surface area contributed by atoms with Crippen molar-refractivity contribution in [3.05, 3.63) is 30.3 Å². The molecule has 0 radical (unpaired) electrons. The smallest absolute Gasteiger partial charge is 0.303 e. The number of anilines is 1. The van der Waals surface area contributed by atoms with Crippen LogP contribution in [-0.2, 0) is 4.79 Å². The third-order valence-corrected chi connectivity index (χ3v) is 4.55. The summed E-state index contributed by atoms with van der Waals surface area (Å²) in [6.07, 6.45) is 7.33. The van der Waals surface area contributed by atoms with Gasteiger partial charge in [0.25, 0.3) is 0 Å². The van der Waals surface area contributed by atoms with Gasteiger partial charge in [0.15, 0.2) is 0 Å². The van der Waals surface area contributed by atoms with E-state index in [0.29, 0.717) is 6.04 Å². The van der Waals surface area contributed by atoms with Crippen molar-refractivity contribution < 1.29 is 9.90 Å². The van der Waals surface area contributed by atoms with Gasteiger partial charge in [-0.3, -0.25) is 4.79 Å². The molecule has 1 aromatic carbocycles. The van der Waals surface area contributed by atoms with E-state index in [9.17, 15) is 4.79 Å². The van der Waals surface area contributed by atoms with Gasteiger partial charge in [-0.05, 0) is 43.7 Å². The summed E-state index contributed by atoms with van der Waals surface area (Å²) in [6.45, 7) is 3.19. The van der Waals surface area contributed by atoms with Gasteiger partial charge in [-0.15, -0.1) is 0 Å². The van der Waals surface area contributed by atoms with E-state index in [0.717, 1.165) is 18.9 Å². The molecule has 1 aliphatic carbocycles. The van der Waals surface area contributed by atoms with Gasteiger partial charge in [0.2, 0.25) is 0 Å². The second kappa shape index (κ2) is 8.06. The summed E-state index contributed by atoms with van der Waals surface area (Å²) in [5, 5.41) is 8.87. The quantitative estimate of drug-likeness (QED) is 0.793. The molecule has 1 aliphatic rings. The molecule has 21 heavy (non-hydrogen) atoms. The largest absolute Gasteiger partial charge is 0.481 e. The summed E-state index contributed by atoms with van der Waals surface area (Å²) in [5.74, 6) is 0.129. The maximum atomic E-state index is 10.8. The van der Waals surface area contributed by atoms with Crippen LogP contribution in [-0.4, -0.2) is 23.7 Å². The number of carbonyl (C=O) groups is 1. The van der Waals surface area contributed by atoms with Gasteiger partial charge in [-0.1, -0.05) is 38.0 Å². The number of rotatable bonds is 6. The van der Waals surface area contributed by atoms with Crippen molar-refractivity contribution in [1.82, 2.24) is 0 Å². The van der Waals surface area contributed by atoms with Crippen molar-refractivity contribution in [2.75, 3.05) is 11.4 Å². The summed E-state index contributed by atoms with van der Waals surface area (Å²) in [5.41, 5.74) is 1.24. The third-order valence-electron chi connectivity index (χ3n) is 4.55. The highest BCUT2D eigenvalue weighted by atomic mass is 16.4. The van der Waals surface area contributed by atoms with Crippen LogP contribution in [0.2, 0.25) is 0 Å². The molecule has 0 spiro atoms. The Morgan fingerprint density at radius 1 is 1.19 bits per heavy atom. The fourth-order valence-electron chi connectivity index (χ4n) is 3.32. The van der Waals surface area contributed by atoms with Crippen molar-refractivity contribution in [2.45, 2.75) is 57.9 Å². The van der Waals surface area contributed by atoms with Crippen LogP contribution >= 0.6 is 0 Å². The Kier molecular flexibility index (Phi) is 6.09. The number of para-hydroxylation sites is 1. The fraction of sp³-hybridized carbons (Fsp3) is 0.611. The standard InChI is InChI=1S/C18H27NO2/c1-15-7-5-10-17(13-12-15)19(14-6-11-18(20)21)16-8-3-2-4-9-16/h2-4,8-9,15,17H,5-7,10-14H2,1H3,(H,20,21). The predicted octanol–water partition coefficient (Wildman–Crippen LogP) is 4.33. The van der Waals surface area contributed by atoms with Gasteiger partial charge in [-0.25, -0.2) is 0 Å². The van der Waals surface area contributed by atoms with Crippen molar-refractivity contribution in [2.24, 2.45) is 5.92 Å². The minimum Gasteiger partial charge on any atom is -0.481 e. The summed E-state index contributed by atoms with van der Waals surface area (Å²) in [7, 11) is 0. The Morgan fingerprint density at radius 2 is 1.95 bits per heavy atom. The minimum atomic E-state index is -0.697. The number of hydrogen-bond acceptors (Lipinski definition) is 2. The monoisotopic (exact) mass is 289 g/mol. The number of aliphatic carboxylic acids is 1. The average molecular weight is 289 g/mol. The van der Waals surface area contributed by atoms with E-state index in [1.54, 1.807) is 0 Å². The third kappa shape index (κ3) is 5.07. The van der Waals surface area contributed by atoms with Gasteiger partial charge in [0.1, 0.15) is 0 Å². The molecule has 2 atom stereocenters. The normalized spacial score (nSPS) is 22.5. The summed E-state index contributed by atoms with van der Waals surface area (Å²) < 4.78 is 0. The number of carboxylic acid groups (broad SMARTS) is 1. The Labute approximate surface area is 128 Å². The molecule has 0 saturated heterocycles. The average Bonchev–Trinajstić information content (AvgIpc) is 2.69. The molecule has 0 bridgehead atoms. The van der Waals surface area contributed by atoms with Gasteiger partial charge >= 0.3 is 5.97 Å². The van der Waals surface area contributed by atoms with E-state index >= 15 is 0 Å². The number of nitrogens with zero attached hydrogens (tertiary/aromatic N) is 1. The molecule has 0 aliphatic heterocycles. The van der Waals surface area contributed by atoms with Crippen LogP contribution < -0.4 is 4.90 Å². The second-order valence-electron chi connectivity index (χ2n) is 6.29. The van der Waals surface area contributed by atoms with E-state index in [2.05, 4.69) is 36.1 Å². The highest BCUT2D eigenvalue weighted by molar-refractivity contribution is 5.66. The van der Waals surface area contributed by atoms with Gasteiger partial charge in [-0.2, -0.15) is 0 Å². The lowest BCUT2D eigenvalue weighted by Crippen LogP contribution is -2.36. The van der Waals surface area contributed by atoms with E-state index in [4.69, 9.17) is 5.11 Å². The van der Waals surface area contributed by atoms with Crippen LogP contribution in [0.5, 0.6) is 0 Å². The molecule has 0 amide bonds. The lowest BCUT2D eigenvalue weighted by Gasteiger charge is -2.33. The molecule has 116 valence electrons. The lowest BCUT2D eigenvalue weighted by atomic mass is 10.0. The molecular weight excluding hydrogens is 262 g/mol. The lowest BCUT2D eigenvalue weighted by molar-refractivity contribution is -0.137. The highest BCUT2D eigenvalue weighted by Crippen LogP contribution is 2.29. The van der Waals surface area contributed by atoms with E-state index in [1.807, 2.05) is 6.07 Å². The van der Waals surface area contributed by atoms with Crippen molar-refractivity contribution >= 4 is 11.7 Å². The van der Waals surface area contributed by atoms with Crippen LogP contribution in [0.1, 0.15) is 51.9 Å². The molecule has 1 fully saturated rings. The predicted molar refractivity (Wildman–Crippen MR) is 86.7 cm³/mol. The first-order valence-electron chi connectivity index (χ1n) is 8.20. The van der Waals surface area contributed by atoms with Crippen LogP contribution in [0, 0.1) is 5.92 Å². The zero-order valence-electron chi connectivity index (χ0n) is 13.0. The Balaban J connectivity index is 2.05. The van der Waals surface area contributed by atoms with Gasteiger partial charge in [0, 0.05) is 24.7 Å². The molecule has 1 saturated carbocycles. The Hall–Kier alpha value is -1.51. The molecule has 2 unspecified atom stereocenters. The Bertz CT molecular complexity index is 432. The second-order valence-corrected chi connectivity index (χ2v) is 6.29. The van der Waals surface area contributed by atoms with Crippen LogP contribution in [0.3, 0.4) is 0 Å². The van der Waals surface area contributed by atoms with Crippen LogP contribution in [0.25, 0.3) is 0 Å². The summed E-state index contributed by atoms with van der Waals surface area (Å²) in [4.78, 5) is 13.2. The maximum absolute atomic E-state index is 10.8. The van der Waals surface area contributed by atoms with Crippen molar-refractivity contribution in [3.63, 3.8) is 0 Å². The number of hydrogen-bond donors (Lipinski definition) is 1. The molecular formula is C18H27NO2. The SMILES string of the molecule is CC1CCCC(N(CCCC(=O)O)c2ccccc2)CC1. The molecule has 3 nitrogen and oxygen atoms in total. The Morgan fingerprint density at radius 3 is 2.67 bits per heavy atom. The minimum absolute atomic E-state index is 0.256. The number of carboxylic acids is 1. The maximum Gasteiger partial charge on any atom is 0.303 e. The molecule has 2 rings (SSSR count). The fourth-order valence-corrected chi connectivity index (χ4v) is 3.32. The molecule has 1 aromatic rings. The first-order valence-corrected chi connectivity index (χ1v) is 8.20. The van der Waals surface area contributed by atoms with E-state index in [-0.39, 0.29) is 6.42 Å². The molecule has 1 N–H and O–H groups in total. The highest BCUT2D eigenvalue weighted by Gasteiger charge is 2.22.